The number of halogens is 3. The lowest BCUT2D eigenvalue weighted by atomic mass is 9.99. The van der Waals surface area contributed by atoms with Crippen molar-refractivity contribution in [3.05, 3.63) is 25.6 Å². The number of amides is 1. The first-order chi connectivity index (χ1) is 8.36. The molecule has 0 radical (unpaired) electrons. The minimum absolute atomic E-state index is 0.151. The monoisotopic (exact) mass is 440 g/mol. The highest BCUT2D eigenvalue weighted by molar-refractivity contribution is 9.11. The van der Waals surface area contributed by atoms with Gasteiger partial charge in [0.1, 0.15) is 0 Å². The van der Waals surface area contributed by atoms with Crippen LogP contribution in [-0.2, 0) is 4.79 Å². The topological polar surface area (TPSA) is 55.1 Å². The van der Waals surface area contributed by atoms with E-state index in [4.69, 9.17) is 5.73 Å². The van der Waals surface area contributed by atoms with Gasteiger partial charge in [0.05, 0.1) is 11.7 Å². The quantitative estimate of drug-likeness (QED) is 0.731. The van der Waals surface area contributed by atoms with Crippen molar-refractivity contribution in [1.29, 1.82) is 0 Å². The van der Waals surface area contributed by atoms with Crippen molar-refractivity contribution in [2.75, 3.05) is 5.32 Å². The predicted octanol–water partition coefficient (Wildman–Crippen LogP) is 4.29. The standard InChI is InChI=1S/C12H15Br3N2O/c1-3-6(2)10(16)12(18)17-11-8(14)4-7(13)5-9(11)15/h4-6,10H,3,16H2,1-2H3,(H,17,18). The molecule has 3 nitrogen and oxygen atoms in total. The molecule has 0 aliphatic heterocycles. The van der Waals surface area contributed by atoms with Gasteiger partial charge >= 0.3 is 0 Å². The predicted molar refractivity (Wildman–Crippen MR) is 85.6 cm³/mol. The van der Waals surface area contributed by atoms with Crippen molar-refractivity contribution in [1.82, 2.24) is 0 Å². The van der Waals surface area contributed by atoms with Gasteiger partial charge in [-0.1, -0.05) is 36.2 Å². The van der Waals surface area contributed by atoms with E-state index in [1.54, 1.807) is 0 Å². The number of hydrogen-bond donors (Lipinski definition) is 2. The van der Waals surface area contributed by atoms with Gasteiger partial charge in [-0.3, -0.25) is 4.79 Å². The molecule has 0 aliphatic carbocycles. The second-order valence-corrected chi connectivity index (χ2v) is 6.77. The van der Waals surface area contributed by atoms with Crippen LogP contribution >= 0.6 is 47.8 Å². The second-order valence-electron chi connectivity index (χ2n) is 4.15. The van der Waals surface area contributed by atoms with Crippen LogP contribution in [0, 0.1) is 5.92 Å². The van der Waals surface area contributed by atoms with E-state index >= 15 is 0 Å². The van der Waals surface area contributed by atoms with Crippen LogP contribution in [0.1, 0.15) is 20.3 Å². The number of benzene rings is 1. The molecule has 0 saturated carbocycles. The molecule has 1 aromatic carbocycles. The van der Waals surface area contributed by atoms with Crippen LogP contribution in [0.3, 0.4) is 0 Å². The van der Waals surface area contributed by atoms with Gasteiger partial charge < -0.3 is 11.1 Å². The Morgan fingerprint density at radius 3 is 2.28 bits per heavy atom. The highest BCUT2D eigenvalue weighted by Crippen LogP contribution is 2.34. The van der Waals surface area contributed by atoms with Crippen molar-refractivity contribution in [2.24, 2.45) is 11.7 Å². The average Bonchev–Trinajstić information content (AvgIpc) is 2.31. The molecule has 2 unspecified atom stereocenters. The van der Waals surface area contributed by atoms with E-state index in [-0.39, 0.29) is 11.8 Å². The molecule has 0 aliphatic rings. The lowest BCUT2D eigenvalue weighted by Gasteiger charge is -2.19. The SMILES string of the molecule is CCC(C)C(N)C(=O)Nc1c(Br)cc(Br)cc1Br. The van der Waals surface area contributed by atoms with E-state index in [1.165, 1.54) is 0 Å². The van der Waals surface area contributed by atoms with E-state index in [2.05, 4.69) is 53.1 Å². The molecule has 100 valence electrons. The average molecular weight is 443 g/mol. The maximum Gasteiger partial charge on any atom is 0.241 e. The summed E-state index contributed by atoms with van der Waals surface area (Å²) in [4.78, 5) is 12.0. The number of anilines is 1. The Labute approximate surface area is 132 Å². The highest BCUT2D eigenvalue weighted by atomic mass is 79.9. The zero-order valence-corrected chi connectivity index (χ0v) is 14.9. The number of hydrogen-bond acceptors (Lipinski definition) is 2. The third-order valence-corrected chi connectivity index (χ3v) is 4.52. The molecule has 1 rings (SSSR count). The fourth-order valence-corrected chi connectivity index (χ4v) is 3.84. The summed E-state index contributed by atoms with van der Waals surface area (Å²) in [5, 5.41) is 2.84. The number of carbonyl (C=O) groups is 1. The van der Waals surface area contributed by atoms with E-state index in [9.17, 15) is 4.79 Å². The van der Waals surface area contributed by atoms with E-state index in [1.807, 2.05) is 26.0 Å². The molecule has 0 bridgehead atoms. The van der Waals surface area contributed by atoms with E-state index in [0.29, 0.717) is 5.69 Å². The molecule has 1 aromatic rings. The molecular weight excluding hydrogens is 428 g/mol. The van der Waals surface area contributed by atoms with Gasteiger partial charge in [-0.25, -0.2) is 0 Å². The van der Waals surface area contributed by atoms with Gasteiger partial charge in [-0.2, -0.15) is 0 Å². The third kappa shape index (κ3) is 4.05. The van der Waals surface area contributed by atoms with Crippen molar-refractivity contribution < 1.29 is 4.79 Å². The number of nitrogens with two attached hydrogens (primary N) is 1. The summed E-state index contributed by atoms with van der Waals surface area (Å²) < 4.78 is 2.52. The maximum absolute atomic E-state index is 12.0. The lowest BCUT2D eigenvalue weighted by Crippen LogP contribution is -2.40. The Morgan fingerprint density at radius 2 is 1.83 bits per heavy atom. The highest BCUT2D eigenvalue weighted by Gasteiger charge is 2.21. The van der Waals surface area contributed by atoms with Crippen LogP contribution in [0.2, 0.25) is 0 Å². The summed E-state index contributed by atoms with van der Waals surface area (Å²) >= 11 is 10.2. The lowest BCUT2D eigenvalue weighted by molar-refractivity contribution is -0.118. The first kappa shape index (κ1) is 16.1. The van der Waals surface area contributed by atoms with E-state index in [0.717, 1.165) is 19.8 Å². The molecular formula is C12H15Br3N2O. The smallest absolute Gasteiger partial charge is 0.241 e. The fraction of sp³-hybridized carbons (Fsp3) is 0.417. The Bertz CT molecular complexity index is 428. The molecule has 0 heterocycles. The Morgan fingerprint density at radius 1 is 1.33 bits per heavy atom. The molecule has 3 N–H and O–H groups in total. The van der Waals surface area contributed by atoms with Crippen molar-refractivity contribution in [2.45, 2.75) is 26.3 Å². The van der Waals surface area contributed by atoms with Crippen molar-refractivity contribution in [3.63, 3.8) is 0 Å². The zero-order chi connectivity index (χ0) is 13.9. The second kappa shape index (κ2) is 7.03. The summed E-state index contributed by atoms with van der Waals surface area (Å²) in [7, 11) is 0. The first-order valence-corrected chi connectivity index (χ1v) is 7.95. The van der Waals surface area contributed by atoms with Crippen LogP contribution in [0.15, 0.2) is 25.6 Å². The van der Waals surface area contributed by atoms with Gasteiger partial charge in [0.2, 0.25) is 5.91 Å². The molecule has 0 saturated heterocycles. The summed E-state index contributed by atoms with van der Waals surface area (Å²) in [5.41, 5.74) is 6.59. The summed E-state index contributed by atoms with van der Waals surface area (Å²) in [6.07, 6.45) is 0.872. The van der Waals surface area contributed by atoms with E-state index < -0.39 is 6.04 Å². The van der Waals surface area contributed by atoms with Crippen LogP contribution in [0.25, 0.3) is 0 Å². The molecule has 0 spiro atoms. The summed E-state index contributed by atoms with van der Waals surface area (Å²) in [6, 6.07) is 3.24. The van der Waals surface area contributed by atoms with Crippen LogP contribution in [0.4, 0.5) is 5.69 Å². The summed E-state index contributed by atoms with van der Waals surface area (Å²) in [6.45, 7) is 3.99. The Balaban J connectivity index is 2.89. The minimum atomic E-state index is -0.502. The van der Waals surface area contributed by atoms with Gasteiger partial charge in [-0.15, -0.1) is 0 Å². The molecule has 1 amide bonds. The van der Waals surface area contributed by atoms with Gasteiger partial charge in [-0.05, 0) is 49.9 Å². The van der Waals surface area contributed by atoms with Crippen LogP contribution in [0.5, 0.6) is 0 Å². The Hall–Kier alpha value is 0.0900. The molecule has 2 atom stereocenters. The van der Waals surface area contributed by atoms with Gasteiger partial charge in [0.25, 0.3) is 0 Å². The van der Waals surface area contributed by atoms with Crippen LogP contribution < -0.4 is 11.1 Å². The van der Waals surface area contributed by atoms with Crippen molar-refractivity contribution in [3.8, 4) is 0 Å². The Kier molecular flexibility index (Phi) is 6.30. The van der Waals surface area contributed by atoms with Gasteiger partial charge in [0, 0.05) is 13.4 Å². The first-order valence-electron chi connectivity index (χ1n) is 5.57. The number of carbonyl (C=O) groups excluding carboxylic acids is 1. The largest absolute Gasteiger partial charge is 0.323 e. The fourth-order valence-electron chi connectivity index (χ4n) is 1.38. The van der Waals surface area contributed by atoms with Crippen LogP contribution in [-0.4, -0.2) is 11.9 Å². The molecule has 18 heavy (non-hydrogen) atoms. The number of rotatable bonds is 4. The third-order valence-electron chi connectivity index (χ3n) is 2.81. The van der Waals surface area contributed by atoms with Gasteiger partial charge in [0.15, 0.2) is 0 Å². The maximum atomic E-state index is 12.0. The number of nitrogens with one attached hydrogen (secondary N) is 1. The molecule has 0 fully saturated rings. The zero-order valence-electron chi connectivity index (χ0n) is 10.1. The molecule has 6 heteroatoms. The normalized spacial score (nSPS) is 14.1. The summed E-state index contributed by atoms with van der Waals surface area (Å²) in [5.74, 6) is -0.0222. The molecule has 0 aromatic heterocycles. The van der Waals surface area contributed by atoms with Crippen molar-refractivity contribution >= 4 is 59.4 Å². The minimum Gasteiger partial charge on any atom is -0.323 e.